The zero-order valence-corrected chi connectivity index (χ0v) is 10.6. The maximum absolute atomic E-state index is 10.3. The lowest BCUT2D eigenvalue weighted by atomic mass is 9.75. The van der Waals surface area contributed by atoms with Gasteiger partial charge in [0.15, 0.2) is 0 Å². The third kappa shape index (κ3) is 3.06. The van der Waals surface area contributed by atoms with E-state index in [1.807, 2.05) is 13.0 Å². The molecule has 0 radical (unpaired) electrons. The highest BCUT2D eigenvalue weighted by Gasteiger charge is 2.23. The maximum Gasteiger partial charge on any atom is 0.143 e. The van der Waals surface area contributed by atoms with Crippen LogP contribution in [-0.4, -0.2) is 6.29 Å². The van der Waals surface area contributed by atoms with Gasteiger partial charge in [-0.1, -0.05) is 38.2 Å². The molecule has 1 rings (SSSR count). The highest BCUT2D eigenvalue weighted by molar-refractivity contribution is 5.67. The minimum absolute atomic E-state index is 0.191. The summed E-state index contributed by atoms with van der Waals surface area (Å²) in [4.78, 5) is 10.3. The molecule has 0 fully saturated rings. The molecule has 0 heterocycles. The summed E-state index contributed by atoms with van der Waals surface area (Å²) in [5, 5.41) is 0. The zero-order chi connectivity index (χ0) is 12.2. The third-order valence-electron chi connectivity index (χ3n) is 2.99. The van der Waals surface area contributed by atoms with Crippen LogP contribution in [0.25, 0.3) is 0 Å². The first-order valence-corrected chi connectivity index (χ1v) is 5.65. The van der Waals surface area contributed by atoms with E-state index in [0.717, 1.165) is 18.3 Å². The minimum Gasteiger partial charge on any atom is -0.299 e. The van der Waals surface area contributed by atoms with Gasteiger partial charge in [0.2, 0.25) is 0 Å². The molecule has 0 amide bonds. The Morgan fingerprint density at radius 3 is 2.69 bits per heavy atom. The monoisotopic (exact) mass is 216 g/mol. The van der Waals surface area contributed by atoms with E-state index in [4.69, 9.17) is 0 Å². The molecule has 1 aliphatic carbocycles. The van der Waals surface area contributed by atoms with Gasteiger partial charge in [0.25, 0.3) is 0 Å². The number of allylic oxidation sites excluding steroid dienone is 8. The number of hydrogen-bond acceptors (Lipinski definition) is 1. The number of carbonyl (C=O) groups excluding carboxylic acids is 1. The van der Waals surface area contributed by atoms with Gasteiger partial charge >= 0.3 is 0 Å². The molecule has 1 heteroatoms. The molecule has 16 heavy (non-hydrogen) atoms. The van der Waals surface area contributed by atoms with Crippen molar-refractivity contribution in [1.82, 2.24) is 0 Å². The van der Waals surface area contributed by atoms with Crippen molar-refractivity contribution in [1.29, 1.82) is 0 Å². The predicted molar refractivity (Wildman–Crippen MR) is 69.2 cm³/mol. The number of aldehydes is 1. The Morgan fingerprint density at radius 1 is 1.44 bits per heavy atom. The van der Waals surface area contributed by atoms with Crippen LogP contribution in [0.5, 0.6) is 0 Å². The highest BCUT2D eigenvalue weighted by Crippen LogP contribution is 2.37. The molecular weight excluding hydrogens is 196 g/mol. The van der Waals surface area contributed by atoms with E-state index < -0.39 is 0 Å². The highest BCUT2D eigenvalue weighted by atomic mass is 16.1. The average Bonchev–Trinajstić information content (AvgIpc) is 2.16. The molecule has 1 aliphatic rings. The van der Waals surface area contributed by atoms with Gasteiger partial charge in [0, 0.05) is 0 Å². The molecule has 1 nitrogen and oxygen atoms in total. The molecule has 0 saturated carbocycles. The summed E-state index contributed by atoms with van der Waals surface area (Å²) in [5.41, 5.74) is 3.84. The van der Waals surface area contributed by atoms with Crippen molar-refractivity contribution in [2.75, 3.05) is 0 Å². The summed E-state index contributed by atoms with van der Waals surface area (Å²) >= 11 is 0. The van der Waals surface area contributed by atoms with Crippen LogP contribution in [0.3, 0.4) is 0 Å². The van der Waals surface area contributed by atoms with Crippen LogP contribution >= 0.6 is 0 Å². The van der Waals surface area contributed by atoms with Crippen molar-refractivity contribution in [2.24, 2.45) is 5.41 Å². The summed E-state index contributed by atoms with van der Waals surface area (Å²) in [5.74, 6) is 0. The van der Waals surface area contributed by atoms with Gasteiger partial charge < -0.3 is 0 Å². The quantitative estimate of drug-likeness (QED) is 0.396. The van der Waals surface area contributed by atoms with E-state index in [-0.39, 0.29) is 5.41 Å². The Hall–Kier alpha value is -1.37. The van der Waals surface area contributed by atoms with E-state index in [0.29, 0.717) is 0 Å². The van der Waals surface area contributed by atoms with Gasteiger partial charge in [0.1, 0.15) is 6.29 Å². The molecule has 0 bridgehead atoms. The third-order valence-corrected chi connectivity index (χ3v) is 2.99. The maximum atomic E-state index is 10.3. The van der Waals surface area contributed by atoms with Crippen molar-refractivity contribution >= 4 is 6.29 Å². The van der Waals surface area contributed by atoms with E-state index in [2.05, 4.69) is 39.0 Å². The van der Waals surface area contributed by atoms with Gasteiger partial charge in [-0.25, -0.2) is 0 Å². The van der Waals surface area contributed by atoms with Crippen molar-refractivity contribution in [3.05, 3.63) is 47.1 Å². The topological polar surface area (TPSA) is 17.1 Å². The molecule has 0 atom stereocenters. The standard InChI is InChI=1S/C15H20O/c1-12(9-11-16)7-8-14-13(2)6-5-10-15(14,3)4/h5-9,11H,10H2,1-4H3/b8-7+,12-9-. The van der Waals surface area contributed by atoms with Gasteiger partial charge in [-0.2, -0.15) is 0 Å². The molecule has 0 aromatic carbocycles. The lowest BCUT2D eigenvalue weighted by molar-refractivity contribution is -0.104. The van der Waals surface area contributed by atoms with Crippen molar-refractivity contribution in [2.45, 2.75) is 34.1 Å². The lowest BCUT2D eigenvalue weighted by Crippen LogP contribution is -2.16. The van der Waals surface area contributed by atoms with Crippen LogP contribution in [0.2, 0.25) is 0 Å². The fourth-order valence-electron chi connectivity index (χ4n) is 2.00. The predicted octanol–water partition coefficient (Wildman–Crippen LogP) is 3.99. The van der Waals surface area contributed by atoms with E-state index in [1.165, 1.54) is 11.1 Å². The first-order chi connectivity index (χ1) is 7.47. The van der Waals surface area contributed by atoms with E-state index in [1.54, 1.807) is 6.08 Å². The Morgan fingerprint density at radius 2 is 2.12 bits per heavy atom. The number of carbonyl (C=O) groups is 1. The molecule has 0 aromatic heterocycles. The molecule has 86 valence electrons. The summed E-state index contributed by atoms with van der Waals surface area (Å²) < 4.78 is 0. The van der Waals surface area contributed by atoms with Crippen LogP contribution in [-0.2, 0) is 4.79 Å². The summed E-state index contributed by atoms with van der Waals surface area (Å²) in [6, 6.07) is 0. The van der Waals surface area contributed by atoms with Crippen molar-refractivity contribution in [3.63, 3.8) is 0 Å². The Kier molecular flexibility index (Phi) is 4.05. The van der Waals surface area contributed by atoms with Crippen LogP contribution in [0.4, 0.5) is 0 Å². The number of hydrogen-bond donors (Lipinski definition) is 0. The van der Waals surface area contributed by atoms with Crippen LogP contribution < -0.4 is 0 Å². The Labute approximate surface area is 98.2 Å². The molecule has 0 saturated heterocycles. The zero-order valence-electron chi connectivity index (χ0n) is 10.6. The van der Waals surface area contributed by atoms with Gasteiger partial charge in [-0.15, -0.1) is 0 Å². The van der Waals surface area contributed by atoms with E-state index >= 15 is 0 Å². The largest absolute Gasteiger partial charge is 0.299 e. The number of rotatable bonds is 3. The summed E-state index contributed by atoms with van der Waals surface area (Å²) in [6.45, 7) is 8.57. The second kappa shape index (κ2) is 5.11. The Balaban J connectivity index is 2.98. The van der Waals surface area contributed by atoms with Gasteiger partial charge in [0.05, 0.1) is 0 Å². The van der Waals surface area contributed by atoms with Crippen molar-refractivity contribution in [3.8, 4) is 0 Å². The van der Waals surface area contributed by atoms with Crippen LogP contribution in [0.15, 0.2) is 47.1 Å². The van der Waals surface area contributed by atoms with E-state index in [9.17, 15) is 4.79 Å². The first-order valence-electron chi connectivity index (χ1n) is 5.65. The summed E-state index contributed by atoms with van der Waals surface area (Å²) in [6.07, 6.45) is 12.0. The minimum atomic E-state index is 0.191. The molecule has 0 aliphatic heterocycles. The Bertz CT molecular complexity index is 390. The van der Waals surface area contributed by atoms with Gasteiger partial charge in [-0.3, -0.25) is 4.79 Å². The molecule has 0 unspecified atom stereocenters. The lowest BCUT2D eigenvalue weighted by Gasteiger charge is -2.29. The average molecular weight is 216 g/mol. The molecule has 0 aromatic rings. The fraction of sp³-hybridized carbons (Fsp3) is 0.400. The second-order valence-electron chi connectivity index (χ2n) is 4.97. The fourth-order valence-corrected chi connectivity index (χ4v) is 2.00. The molecular formula is C15H20O. The van der Waals surface area contributed by atoms with Gasteiger partial charge in [-0.05, 0) is 48.5 Å². The normalized spacial score (nSPS) is 20.6. The van der Waals surface area contributed by atoms with Crippen molar-refractivity contribution < 1.29 is 4.79 Å². The van der Waals surface area contributed by atoms with Crippen LogP contribution in [0.1, 0.15) is 34.1 Å². The second-order valence-corrected chi connectivity index (χ2v) is 4.97. The molecule has 0 spiro atoms. The van der Waals surface area contributed by atoms with Crippen LogP contribution in [0, 0.1) is 5.41 Å². The first kappa shape index (κ1) is 12.7. The SMILES string of the molecule is CC1=C(/C=C/C(C)=C\C=O)C(C)(C)CC=C1. The summed E-state index contributed by atoms with van der Waals surface area (Å²) in [7, 11) is 0. The smallest absolute Gasteiger partial charge is 0.143 e. The molecule has 0 N–H and O–H groups in total.